The van der Waals surface area contributed by atoms with E-state index in [9.17, 15) is 4.79 Å². The number of carbonyl (C=O) groups is 1. The topological polar surface area (TPSA) is 68.0 Å². The highest BCUT2D eigenvalue weighted by molar-refractivity contribution is 6.32. The number of aromatic carboxylic acids is 1. The van der Waals surface area contributed by atoms with Gasteiger partial charge in [-0.15, -0.1) is 5.10 Å². The molecule has 2 rings (SSSR count). The lowest BCUT2D eigenvalue weighted by Crippen LogP contribution is -1.96. The van der Waals surface area contributed by atoms with Gasteiger partial charge in [-0.1, -0.05) is 28.9 Å². The number of nitrogens with zero attached hydrogens (tertiary/aromatic N) is 3. The second kappa shape index (κ2) is 3.70. The van der Waals surface area contributed by atoms with Crippen molar-refractivity contribution in [1.82, 2.24) is 15.0 Å². The molecule has 0 fully saturated rings. The lowest BCUT2D eigenvalue weighted by atomic mass is 10.3. The van der Waals surface area contributed by atoms with Gasteiger partial charge in [-0.3, -0.25) is 0 Å². The lowest BCUT2D eigenvalue weighted by molar-refractivity contribution is 0.0690. The number of carboxylic acid groups (broad SMARTS) is 1. The third kappa shape index (κ3) is 1.82. The van der Waals surface area contributed by atoms with E-state index in [1.165, 1.54) is 10.9 Å². The van der Waals surface area contributed by atoms with Gasteiger partial charge >= 0.3 is 5.97 Å². The summed E-state index contributed by atoms with van der Waals surface area (Å²) in [6.07, 6.45) is 1.31. The van der Waals surface area contributed by atoms with E-state index in [0.29, 0.717) is 10.7 Å². The number of benzene rings is 1. The van der Waals surface area contributed by atoms with Crippen LogP contribution in [0.25, 0.3) is 5.69 Å². The van der Waals surface area contributed by atoms with Crippen LogP contribution in [0.15, 0.2) is 30.5 Å². The van der Waals surface area contributed by atoms with E-state index in [1.807, 2.05) is 0 Å². The fourth-order valence-corrected chi connectivity index (χ4v) is 1.34. The Morgan fingerprint density at radius 3 is 2.73 bits per heavy atom. The largest absolute Gasteiger partial charge is 0.476 e. The van der Waals surface area contributed by atoms with Gasteiger partial charge in [-0.25, -0.2) is 9.48 Å². The van der Waals surface area contributed by atoms with Crippen molar-refractivity contribution in [3.8, 4) is 5.69 Å². The second-order valence-electron chi connectivity index (χ2n) is 2.80. The van der Waals surface area contributed by atoms with Gasteiger partial charge in [-0.05, 0) is 12.1 Å². The molecule has 2 aromatic rings. The molecule has 1 N–H and O–H groups in total. The van der Waals surface area contributed by atoms with Gasteiger partial charge in [-0.2, -0.15) is 0 Å². The van der Waals surface area contributed by atoms with Crippen LogP contribution in [0.2, 0.25) is 5.02 Å². The van der Waals surface area contributed by atoms with Crippen LogP contribution >= 0.6 is 11.6 Å². The summed E-state index contributed by atoms with van der Waals surface area (Å²) in [4.78, 5) is 10.6. The van der Waals surface area contributed by atoms with Gasteiger partial charge < -0.3 is 5.11 Å². The Morgan fingerprint density at radius 2 is 2.13 bits per heavy atom. The molecule has 1 heterocycles. The quantitative estimate of drug-likeness (QED) is 0.840. The SMILES string of the molecule is O=C(O)c1cn(-c2ccccc2Cl)nn1. The van der Waals surface area contributed by atoms with Crippen LogP contribution in [-0.2, 0) is 0 Å². The Hall–Kier alpha value is -1.88. The molecule has 15 heavy (non-hydrogen) atoms. The standard InChI is InChI=1S/C9H6ClN3O2/c10-6-3-1-2-4-8(6)13-5-7(9(14)15)11-12-13/h1-5H,(H,14,15). The van der Waals surface area contributed by atoms with E-state index in [2.05, 4.69) is 10.3 Å². The third-order valence-corrected chi connectivity index (χ3v) is 2.13. The summed E-state index contributed by atoms with van der Waals surface area (Å²) in [6, 6.07) is 6.98. The first kappa shape index (κ1) is 9.67. The Kier molecular flexibility index (Phi) is 2.39. The highest BCUT2D eigenvalue weighted by atomic mass is 35.5. The van der Waals surface area contributed by atoms with E-state index in [4.69, 9.17) is 16.7 Å². The minimum absolute atomic E-state index is 0.116. The van der Waals surface area contributed by atoms with Gasteiger partial charge in [0.1, 0.15) is 0 Å². The smallest absolute Gasteiger partial charge is 0.358 e. The van der Waals surface area contributed by atoms with Gasteiger partial charge in [0.15, 0.2) is 5.69 Å². The van der Waals surface area contributed by atoms with Gasteiger partial charge in [0, 0.05) is 0 Å². The molecule has 1 aromatic heterocycles. The maximum Gasteiger partial charge on any atom is 0.358 e. The van der Waals surface area contributed by atoms with Crippen LogP contribution in [0.5, 0.6) is 0 Å². The number of carboxylic acids is 1. The molecule has 0 amide bonds. The maximum absolute atomic E-state index is 10.6. The normalized spacial score (nSPS) is 10.2. The van der Waals surface area contributed by atoms with Crippen LogP contribution in [0.1, 0.15) is 10.5 Å². The fraction of sp³-hybridized carbons (Fsp3) is 0. The summed E-state index contributed by atoms with van der Waals surface area (Å²) in [5.74, 6) is -1.12. The molecule has 5 nitrogen and oxygen atoms in total. The van der Waals surface area contributed by atoms with E-state index < -0.39 is 5.97 Å². The Labute approximate surface area is 89.9 Å². The number of aromatic nitrogens is 3. The Bertz CT molecular complexity index is 510. The number of rotatable bonds is 2. The van der Waals surface area contributed by atoms with Gasteiger partial charge in [0.25, 0.3) is 0 Å². The number of para-hydroxylation sites is 1. The van der Waals surface area contributed by atoms with Crippen LogP contribution in [0.4, 0.5) is 0 Å². The number of hydrogen-bond donors (Lipinski definition) is 1. The molecule has 0 spiro atoms. The highest BCUT2D eigenvalue weighted by Gasteiger charge is 2.10. The molecule has 0 radical (unpaired) electrons. The minimum Gasteiger partial charge on any atom is -0.476 e. The van der Waals surface area contributed by atoms with Crippen molar-refractivity contribution in [3.63, 3.8) is 0 Å². The molecular formula is C9H6ClN3O2. The van der Waals surface area contributed by atoms with E-state index in [1.54, 1.807) is 24.3 Å². The minimum atomic E-state index is -1.12. The first-order valence-corrected chi connectivity index (χ1v) is 4.47. The predicted octanol–water partition coefficient (Wildman–Crippen LogP) is 1.62. The molecule has 0 aliphatic rings. The summed E-state index contributed by atoms with van der Waals surface area (Å²) >= 11 is 5.91. The van der Waals surface area contributed by atoms with Crippen molar-refractivity contribution in [1.29, 1.82) is 0 Å². The predicted molar refractivity (Wildman–Crippen MR) is 53.3 cm³/mol. The Balaban J connectivity index is 2.46. The fourth-order valence-electron chi connectivity index (χ4n) is 1.12. The molecule has 0 aliphatic carbocycles. The highest BCUT2D eigenvalue weighted by Crippen LogP contribution is 2.18. The molecule has 6 heteroatoms. The first-order valence-electron chi connectivity index (χ1n) is 4.09. The average Bonchev–Trinajstić information content (AvgIpc) is 2.67. The average molecular weight is 224 g/mol. The molecule has 0 bridgehead atoms. The summed E-state index contributed by atoms with van der Waals surface area (Å²) in [5.41, 5.74) is 0.481. The number of hydrogen-bond acceptors (Lipinski definition) is 3. The zero-order valence-electron chi connectivity index (χ0n) is 7.46. The van der Waals surface area contributed by atoms with Crippen molar-refractivity contribution in [2.24, 2.45) is 0 Å². The van der Waals surface area contributed by atoms with Crippen molar-refractivity contribution in [2.45, 2.75) is 0 Å². The first-order chi connectivity index (χ1) is 7.18. The van der Waals surface area contributed by atoms with Crippen LogP contribution in [0, 0.1) is 0 Å². The summed E-state index contributed by atoms with van der Waals surface area (Å²) < 4.78 is 1.33. The maximum atomic E-state index is 10.6. The third-order valence-electron chi connectivity index (χ3n) is 1.81. The van der Waals surface area contributed by atoms with E-state index in [0.717, 1.165) is 0 Å². The van der Waals surface area contributed by atoms with Crippen LogP contribution < -0.4 is 0 Å². The molecule has 0 unspecified atom stereocenters. The molecular weight excluding hydrogens is 218 g/mol. The van der Waals surface area contributed by atoms with Crippen LogP contribution in [0.3, 0.4) is 0 Å². The van der Waals surface area contributed by atoms with Gasteiger partial charge in [0.2, 0.25) is 0 Å². The van der Waals surface area contributed by atoms with E-state index >= 15 is 0 Å². The van der Waals surface area contributed by atoms with Crippen molar-refractivity contribution in [3.05, 3.63) is 41.2 Å². The van der Waals surface area contributed by atoms with Crippen molar-refractivity contribution < 1.29 is 9.90 Å². The lowest BCUT2D eigenvalue weighted by Gasteiger charge is -2.00. The second-order valence-corrected chi connectivity index (χ2v) is 3.21. The number of halogens is 1. The Morgan fingerprint density at radius 1 is 1.40 bits per heavy atom. The summed E-state index contributed by atoms with van der Waals surface area (Å²) in [7, 11) is 0. The van der Waals surface area contributed by atoms with Crippen molar-refractivity contribution in [2.75, 3.05) is 0 Å². The molecule has 0 atom stereocenters. The van der Waals surface area contributed by atoms with Crippen LogP contribution in [-0.4, -0.2) is 26.1 Å². The monoisotopic (exact) mass is 223 g/mol. The zero-order valence-corrected chi connectivity index (χ0v) is 8.22. The van der Waals surface area contributed by atoms with E-state index in [-0.39, 0.29) is 5.69 Å². The van der Waals surface area contributed by atoms with Gasteiger partial charge in [0.05, 0.1) is 16.9 Å². The molecule has 0 saturated heterocycles. The molecule has 0 aliphatic heterocycles. The van der Waals surface area contributed by atoms with Crippen molar-refractivity contribution >= 4 is 17.6 Å². The molecule has 76 valence electrons. The summed E-state index contributed by atoms with van der Waals surface area (Å²) in [5, 5.41) is 16.3. The molecule has 1 aromatic carbocycles. The summed E-state index contributed by atoms with van der Waals surface area (Å²) in [6.45, 7) is 0. The zero-order chi connectivity index (χ0) is 10.8. The molecule has 0 saturated carbocycles.